The molecule has 0 radical (unpaired) electrons. The smallest absolute Gasteiger partial charge is 0.287 e. The molecule has 0 aliphatic carbocycles. The van der Waals surface area contributed by atoms with Crippen molar-refractivity contribution in [1.29, 1.82) is 0 Å². The Hall–Kier alpha value is -2.96. The van der Waals surface area contributed by atoms with Crippen LogP contribution in [0.4, 0.5) is 0 Å². The third-order valence-electron chi connectivity index (χ3n) is 4.73. The van der Waals surface area contributed by atoms with Gasteiger partial charge in [-0.3, -0.25) is 9.59 Å². The Morgan fingerprint density at radius 2 is 1.89 bits per heavy atom. The maximum atomic E-state index is 12.6. The average Bonchev–Trinajstić information content (AvgIpc) is 3.23. The first-order valence-corrected chi connectivity index (χ1v) is 8.93. The van der Waals surface area contributed by atoms with E-state index in [1.807, 2.05) is 17.0 Å². The number of piperidine rings is 1. The SMILES string of the molecule is COc1ccc(CC(=O)N2CCC(NC(=O)c3ccco3)CC2)cc1OC. The van der Waals surface area contributed by atoms with Gasteiger partial charge in [-0.25, -0.2) is 0 Å². The minimum atomic E-state index is -0.213. The topological polar surface area (TPSA) is 81.0 Å². The molecule has 1 fully saturated rings. The van der Waals surface area contributed by atoms with Crippen LogP contribution in [-0.2, 0) is 11.2 Å². The number of carbonyl (C=O) groups excluding carboxylic acids is 2. The van der Waals surface area contributed by atoms with E-state index in [1.165, 1.54) is 6.26 Å². The van der Waals surface area contributed by atoms with E-state index in [-0.39, 0.29) is 17.9 Å². The number of hydrogen-bond donors (Lipinski definition) is 1. The highest BCUT2D eigenvalue weighted by Crippen LogP contribution is 2.28. The summed E-state index contributed by atoms with van der Waals surface area (Å²) in [7, 11) is 3.16. The second kappa shape index (κ2) is 8.62. The van der Waals surface area contributed by atoms with Crippen LogP contribution in [0.3, 0.4) is 0 Å². The molecule has 1 saturated heterocycles. The Morgan fingerprint density at radius 1 is 1.15 bits per heavy atom. The zero-order chi connectivity index (χ0) is 19.2. The van der Waals surface area contributed by atoms with Gasteiger partial charge in [-0.2, -0.15) is 0 Å². The van der Waals surface area contributed by atoms with Gasteiger partial charge in [-0.15, -0.1) is 0 Å². The standard InChI is InChI=1S/C20H24N2O5/c1-25-16-6-5-14(12-18(16)26-2)13-19(23)22-9-7-15(8-10-22)21-20(24)17-4-3-11-27-17/h3-6,11-12,15H,7-10,13H2,1-2H3,(H,21,24). The first-order valence-electron chi connectivity index (χ1n) is 8.93. The number of carbonyl (C=O) groups is 2. The number of nitrogens with zero attached hydrogens (tertiary/aromatic N) is 1. The first kappa shape index (κ1) is 18.8. The predicted molar refractivity (Wildman–Crippen MR) is 99.0 cm³/mol. The largest absolute Gasteiger partial charge is 0.493 e. The molecule has 1 aliphatic heterocycles. The number of amides is 2. The van der Waals surface area contributed by atoms with Crippen molar-refractivity contribution in [3.63, 3.8) is 0 Å². The fraction of sp³-hybridized carbons (Fsp3) is 0.400. The molecule has 2 heterocycles. The highest BCUT2D eigenvalue weighted by atomic mass is 16.5. The summed E-state index contributed by atoms with van der Waals surface area (Å²) in [6, 6.07) is 8.87. The number of nitrogens with one attached hydrogen (secondary N) is 1. The quantitative estimate of drug-likeness (QED) is 0.841. The minimum absolute atomic E-state index is 0.0488. The zero-order valence-electron chi connectivity index (χ0n) is 15.6. The van der Waals surface area contributed by atoms with Gasteiger partial charge in [0.15, 0.2) is 17.3 Å². The lowest BCUT2D eigenvalue weighted by Crippen LogP contribution is -2.46. The molecule has 0 bridgehead atoms. The molecule has 144 valence electrons. The number of furan rings is 1. The van der Waals surface area contributed by atoms with Crippen LogP contribution in [-0.4, -0.2) is 50.1 Å². The molecule has 1 N–H and O–H groups in total. The van der Waals surface area contributed by atoms with Gasteiger partial charge < -0.3 is 24.1 Å². The Labute approximate surface area is 158 Å². The molecule has 0 unspecified atom stereocenters. The van der Waals surface area contributed by atoms with Crippen molar-refractivity contribution in [3.8, 4) is 11.5 Å². The van der Waals surface area contributed by atoms with Crippen LogP contribution in [0.2, 0.25) is 0 Å². The molecular weight excluding hydrogens is 348 g/mol. The van der Waals surface area contributed by atoms with Crippen molar-refractivity contribution in [2.24, 2.45) is 0 Å². The third-order valence-corrected chi connectivity index (χ3v) is 4.73. The van der Waals surface area contributed by atoms with Crippen molar-refractivity contribution in [2.75, 3.05) is 27.3 Å². The van der Waals surface area contributed by atoms with Crippen LogP contribution in [0.15, 0.2) is 41.0 Å². The van der Waals surface area contributed by atoms with Crippen LogP contribution < -0.4 is 14.8 Å². The maximum Gasteiger partial charge on any atom is 0.287 e. The fourth-order valence-corrected chi connectivity index (χ4v) is 3.21. The number of likely N-dealkylation sites (tertiary alicyclic amines) is 1. The lowest BCUT2D eigenvalue weighted by molar-refractivity contribution is -0.131. The number of benzene rings is 1. The lowest BCUT2D eigenvalue weighted by atomic mass is 10.0. The highest BCUT2D eigenvalue weighted by molar-refractivity contribution is 5.91. The van der Waals surface area contributed by atoms with Gasteiger partial charge in [0.25, 0.3) is 5.91 Å². The highest BCUT2D eigenvalue weighted by Gasteiger charge is 2.25. The maximum absolute atomic E-state index is 12.6. The van der Waals surface area contributed by atoms with Crippen LogP contribution >= 0.6 is 0 Å². The molecule has 2 aromatic rings. The van der Waals surface area contributed by atoms with Crippen molar-refractivity contribution in [1.82, 2.24) is 10.2 Å². The van der Waals surface area contributed by atoms with E-state index in [9.17, 15) is 9.59 Å². The molecule has 2 amide bonds. The summed E-state index contributed by atoms with van der Waals surface area (Å²) in [5, 5.41) is 2.96. The first-order chi connectivity index (χ1) is 13.1. The van der Waals surface area contributed by atoms with E-state index in [0.717, 1.165) is 18.4 Å². The zero-order valence-corrected chi connectivity index (χ0v) is 15.6. The number of rotatable bonds is 6. The second-order valence-electron chi connectivity index (χ2n) is 6.47. The Balaban J connectivity index is 1.50. The molecule has 1 aromatic carbocycles. The van der Waals surface area contributed by atoms with Crippen LogP contribution in [0.1, 0.15) is 29.0 Å². The summed E-state index contributed by atoms with van der Waals surface area (Å²) in [4.78, 5) is 26.5. The van der Waals surface area contributed by atoms with Gasteiger partial charge in [0, 0.05) is 19.1 Å². The predicted octanol–water partition coefficient (Wildman–Crippen LogP) is 2.26. The molecule has 1 aromatic heterocycles. The molecule has 0 atom stereocenters. The van der Waals surface area contributed by atoms with Crippen LogP contribution in [0.25, 0.3) is 0 Å². The summed E-state index contributed by atoms with van der Waals surface area (Å²) in [5.41, 5.74) is 0.880. The van der Waals surface area contributed by atoms with Gasteiger partial charge in [-0.05, 0) is 42.7 Å². The van der Waals surface area contributed by atoms with Crippen molar-refractivity contribution in [2.45, 2.75) is 25.3 Å². The van der Waals surface area contributed by atoms with E-state index in [1.54, 1.807) is 32.4 Å². The van der Waals surface area contributed by atoms with Gasteiger partial charge in [-0.1, -0.05) is 6.07 Å². The van der Waals surface area contributed by atoms with E-state index >= 15 is 0 Å². The van der Waals surface area contributed by atoms with E-state index in [4.69, 9.17) is 13.9 Å². The molecular formula is C20H24N2O5. The van der Waals surface area contributed by atoms with E-state index in [0.29, 0.717) is 36.8 Å². The lowest BCUT2D eigenvalue weighted by Gasteiger charge is -2.32. The van der Waals surface area contributed by atoms with Crippen LogP contribution in [0, 0.1) is 0 Å². The molecule has 27 heavy (non-hydrogen) atoms. The number of ether oxygens (including phenoxy) is 2. The van der Waals surface area contributed by atoms with Gasteiger partial charge >= 0.3 is 0 Å². The summed E-state index contributed by atoms with van der Waals surface area (Å²) < 4.78 is 15.6. The van der Waals surface area contributed by atoms with Crippen LogP contribution in [0.5, 0.6) is 11.5 Å². The third kappa shape index (κ3) is 4.61. The molecule has 7 heteroatoms. The number of hydrogen-bond acceptors (Lipinski definition) is 5. The molecule has 3 rings (SSSR count). The Morgan fingerprint density at radius 3 is 2.52 bits per heavy atom. The second-order valence-corrected chi connectivity index (χ2v) is 6.47. The Kier molecular flexibility index (Phi) is 6.01. The Bertz CT molecular complexity index is 780. The summed E-state index contributed by atoms with van der Waals surface area (Å²) in [5.74, 6) is 1.42. The van der Waals surface area contributed by atoms with Gasteiger partial charge in [0.2, 0.25) is 5.91 Å². The number of methoxy groups -OCH3 is 2. The van der Waals surface area contributed by atoms with Crippen molar-refractivity contribution in [3.05, 3.63) is 47.9 Å². The average molecular weight is 372 g/mol. The summed E-state index contributed by atoms with van der Waals surface area (Å²) in [6.07, 6.45) is 3.24. The molecule has 0 spiro atoms. The summed E-state index contributed by atoms with van der Waals surface area (Å²) in [6.45, 7) is 1.24. The molecule has 0 saturated carbocycles. The minimum Gasteiger partial charge on any atom is -0.493 e. The van der Waals surface area contributed by atoms with E-state index < -0.39 is 0 Å². The molecule has 7 nitrogen and oxygen atoms in total. The molecule has 1 aliphatic rings. The monoisotopic (exact) mass is 372 g/mol. The van der Waals surface area contributed by atoms with E-state index in [2.05, 4.69) is 5.32 Å². The normalized spacial score (nSPS) is 14.7. The van der Waals surface area contributed by atoms with Crippen molar-refractivity contribution >= 4 is 11.8 Å². The fourth-order valence-electron chi connectivity index (χ4n) is 3.21. The summed E-state index contributed by atoms with van der Waals surface area (Å²) >= 11 is 0. The van der Waals surface area contributed by atoms with Crippen molar-refractivity contribution < 1.29 is 23.5 Å². The van der Waals surface area contributed by atoms with Gasteiger partial charge in [0.05, 0.1) is 26.9 Å². The van der Waals surface area contributed by atoms with Gasteiger partial charge in [0.1, 0.15) is 0 Å².